The topological polar surface area (TPSA) is 42.2 Å². The van der Waals surface area contributed by atoms with Gasteiger partial charge in [0.25, 0.3) is 0 Å². The van der Waals surface area contributed by atoms with Gasteiger partial charge in [-0.25, -0.2) is 0 Å². The van der Waals surface area contributed by atoms with Crippen molar-refractivity contribution in [2.24, 2.45) is 0 Å². The summed E-state index contributed by atoms with van der Waals surface area (Å²) in [6.07, 6.45) is 0. The Morgan fingerprint density at radius 2 is 1.74 bits per heavy atom. The van der Waals surface area contributed by atoms with E-state index in [0.29, 0.717) is 23.7 Å². The van der Waals surface area contributed by atoms with Gasteiger partial charge in [-0.3, -0.25) is 0 Å². The van der Waals surface area contributed by atoms with Crippen LogP contribution < -0.4 is 9.47 Å². The molecule has 0 N–H and O–H groups in total. The second-order valence-electron chi connectivity index (χ2n) is 4.12. The molecule has 0 aliphatic rings. The Hall–Kier alpha value is -2.47. The highest BCUT2D eigenvalue weighted by molar-refractivity contribution is 5.47. The first-order chi connectivity index (χ1) is 9.22. The molecule has 19 heavy (non-hydrogen) atoms. The molecule has 2 aromatic carbocycles. The van der Waals surface area contributed by atoms with Crippen molar-refractivity contribution in [1.82, 2.24) is 0 Å². The number of benzene rings is 2. The van der Waals surface area contributed by atoms with E-state index < -0.39 is 0 Å². The third-order valence-electron chi connectivity index (χ3n) is 2.62. The smallest absolute Gasteiger partial charge is 0.145 e. The number of hydrogen-bond donors (Lipinski definition) is 0. The molecule has 2 aromatic rings. The SMILES string of the molecule is CCOc1ccc(Oc2cc(C)ccc2C#N)cc1. The Balaban J connectivity index is 2.21. The molecule has 0 aliphatic heterocycles. The zero-order valence-corrected chi connectivity index (χ0v) is 11.0. The molecule has 2 rings (SSSR count). The summed E-state index contributed by atoms with van der Waals surface area (Å²) < 4.78 is 11.1. The van der Waals surface area contributed by atoms with Crippen LogP contribution in [-0.2, 0) is 0 Å². The van der Waals surface area contributed by atoms with Crippen LogP contribution in [0.3, 0.4) is 0 Å². The number of aryl methyl sites for hydroxylation is 1. The van der Waals surface area contributed by atoms with Crippen molar-refractivity contribution < 1.29 is 9.47 Å². The van der Waals surface area contributed by atoms with E-state index in [-0.39, 0.29) is 0 Å². The molecular weight excluding hydrogens is 238 g/mol. The molecule has 0 aliphatic carbocycles. The number of nitrogens with zero attached hydrogens (tertiary/aromatic N) is 1. The van der Waals surface area contributed by atoms with Crippen LogP contribution in [-0.4, -0.2) is 6.61 Å². The maximum atomic E-state index is 9.05. The quantitative estimate of drug-likeness (QED) is 0.825. The zero-order chi connectivity index (χ0) is 13.7. The minimum absolute atomic E-state index is 0.527. The Morgan fingerprint density at radius 3 is 2.37 bits per heavy atom. The maximum Gasteiger partial charge on any atom is 0.145 e. The van der Waals surface area contributed by atoms with Crippen LogP contribution >= 0.6 is 0 Å². The number of ether oxygens (including phenoxy) is 2. The van der Waals surface area contributed by atoms with E-state index in [4.69, 9.17) is 14.7 Å². The fourth-order valence-electron chi connectivity index (χ4n) is 1.70. The van der Waals surface area contributed by atoms with Gasteiger partial charge in [0.05, 0.1) is 12.2 Å². The molecule has 0 saturated carbocycles. The lowest BCUT2D eigenvalue weighted by Gasteiger charge is -2.09. The molecule has 3 heteroatoms. The lowest BCUT2D eigenvalue weighted by molar-refractivity contribution is 0.339. The molecular formula is C16H15NO2. The van der Waals surface area contributed by atoms with E-state index in [1.807, 2.05) is 50.2 Å². The summed E-state index contributed by atoms with van der Waals surface area (Å²) in [6.45, 7) is 4.54. The van der Waals surface area contributed by atoms with Gasteiger partial charge in [0.1, 0.15) is 23.3 Å². The average Bonchev–Trinajstić information content (AvgIpc) is 2.42. The average molecular weight is 253 g/mol. The fourth-order valence-corrected chi connectivity index (χ4v) is 1.70. The van der Waals surface area contributed by atoms with Crippen LogP contribution in [0.1, 0.15) is 18.1 Å². The van der Waals surface area contributed by atoms with Crippen LogP contribution in [0.4, 0.5) is 0 Å². The summed E-state index contributed by atoms with van der Waals surface area (Å²) in [5.41, 5.74) is 1.58. The van der Waals surface area contributed by atoms with Crippen LogP contribution in [0.25, 0.3) is 0 Å². The Kier molecular flexibility index (Phi) is 4.04. The van der Waals surface area contributed by atoms with Crippen LogP contribution in [0, 0.1) is 18.3 Å². The molecule has 0 spiro atoms. The standard InChI is InChI=1S/C16H15NO2/c1-3-18-14-6-8-15(9-7-14)19-16-10-12(2)4-5-13(16)11-17/h4-10H,3H2,1-2H3. The fraction of sp³-hybridized carbons (Fsp3) is 0.188. The van der Waals surface area contributed by atoms with Crippen molar-refractivity contribution in [3.05, 3.63) is 53.6 Å². The van der Waals surface area contributed by atoms with Crippen LogP contribution in [0.2, 0.25) is 0 Å². The second-order valence-corrected chi connectivity index (χ2v) is 4.12. The molecule has 3 nitrogen and oxygen atoms in total. The van der Waals surface area contributed by atoms with Crippen molar-refractivity contribution >= 4 is 0 Å². The van der Waals surface area contributed by atoms with Crippen molar-refractivity contribution in [3.8, 4) is 23.3 Å². The van der Waals surface area contributed by atoms with Gasteiger partial charge >= 0.3 is 0 Å². The Labute approximate surface area is 113 Å². The second kappa shape index (κ2) is 5.92. The zero-order valence-electron chi connectivity index (χ0n) is 11.0. The predicted molar refractivity (Wildman–Crippen MR) is 73.6 cm³/mol. The van der Waals surface area contributed by atoms with Gasteiger partial charge in [-0.1, -0.05) is 6.07 Å². The van der Waals surface area contributed by atoms with Gasteiger partial charge in [-0.05, 0) is 55.8 Å². The van der Waals surface area contributed by atoms with E-state index in [1.54, 1.807) is 6.07 Å². The molecule has 0 atom stereocenters. The highest BCUT2D eigenvalue weighted by Crippen LogP contribution is 2.27. The lowest BCUT2D eigenvalue weighted by atomic mass is 10.1. The molecule has 0 aromatic heterocycles. The molecule has 0 fully saturated rings. The molecule has 96 valence electrons. The third kappa shape index (κ3) is 3.26. The van der Waals surface area contributed by atoms with Crippen LogP contribution in [0.5, 0.6) is 17.2 Å². The van der Waals surface area contributed by atoms with Gasteiger partial charge in [0.2, 0.25) is 0 Å². The number of hydrogen-bond acceptors (Lipinski definition) is 3. The summed E-state index contributed by atoms with van der Waals surface area (Å²) in [6, 6.07) is 15.0. The first-order valence-electron chi connectivity index (χ1n) is 6.14. The predicted octanol–water partition coefficient (Wildman–Crippen LogP) is 4.06. The minimum atomic E-state index is 0.527. The van der Waals surface area contributed by atoms with Gasteiger partial charge in [0.15, 0.2) is 0 Å². The maximum absolute atomic E-state index is 9.05. The molecule has 0 bridgehead atoms. The highest BCUT2D eigenvalue weighted by Gasteiger charge is 2.05. The first kappa shape index (κ1) is 13.0. The molecule has 0 unspecified atom stereocenters. The van der Waals surface area contributed by atoms with Gasteiger partial charge in [0, 0.05) is 0 Å². The molecule has 0 radical (unpaired) electrons. The van der Waals surface area contributed by atoms with E-state index in [1.165, 1.54) is 0 Å². The number of rotatable bonds is 4. The van der Waals surface area contributed by atoms with Gasteiger partial charge < -0.3 is 9.47 Å². The Bertz CT molecular complexity index is 597. The lowest BCUT2D eigenvalue weighted by Crippen LogP contribution is -1.92. The van der Waals surface area contributed by atoms with Crippen molar-refractivity contribution in [2.75, 3.05) is 6.61 Å². The molecule has 0 heterocycles. The van der Waals surface area contributed by atoms with E-state index in [0.717, 1.165) is 11.3 Å². The van der Waals surface area contributed by atoms with E-state index in [9.17, 15) is 0 Å². The third-order valence-corrected chi connectivity index (χ3v) is 2.62. The monoisotopic (exact) mass is 253 g/mol. The minimum Gasteiger partial charge on any atom is -0.494 e. The summed E-state index contributed by atoms with van der Waals surface area (Å²) >= 11 is 0. The normalized spacial score (nSPS) is 9.74. The van der Waals surface area contributed by atoms with Gasteiger partial charge in [-0.2, -0.15) is 5.26 Å². The first-order valence-corrected chi connectivity index (χ1v) is 6.14. The largest absolute Gasteiger partial charge is 0.494 e. The van der Waals surface area contributed by atoms with Crippen molar-refractivity contribution in [1.29, 1.82) is 5.26 Å². The van der Waals surface area contributed by atoms with Crippen molar-refractivity contribution in [3.63, 3.8) is 0 Å². The van der Waals surface area contributed by atoms with Crippen LogP contribution in [0.15, 0.2) is 42.5 Å². The summed E-state index contributed by atoms with van der Waals surface area (Å²) in [4.78, 5) is 0. The van der Waals surface area contributed by atoms with E-state index in [2.05, 4.69) is 6.07 Å². The highest BCUT2D eigenvalue weighted by atomic mass is 16.5. The van der Waals surface area contributed by atoms with Crippen molar-refractivity contribution in [2.45, 2.75) is 13.8 Å². The van der Waals surface area contributed by atoms with Gasteiger partial charge in [-0.15, -0.1) is 0 Å². The Morgan fingerprint density at radius 1 is 1.05 bits per heavy atom. The summed E-state index contributed by atoms with van der Waals surface area (Å²) in [5, 5.41) is 9.05. The molecule has 0 saturated heterocycles. The summed E-state index contributed by atoms with van der Waals surface area (Å²) in [7, 11) is 0. The molecule has 0 amide bonds. The number of nitriles is 1. The van der Waals surface area contributed by atoms with E-state index >= 15 is 0 Å². The summed E-state index contributed by atoms with van der Waals surface area (Å²) in [5.74, 6) is 2.07.